The summed E-state index contributed by atoms with van der Waals surface area (Å²) < 4.78 is 6.35. The normalized spacial score (nSPS) is 29.2. The SMILES string of the molecule is CC1(CCCNCCN)CCC[Si](C)(C)O1. The van der Waals surface area contributed by atoms with Crippen LogP contribution < -0.4 is 11.1 Å². The molecule has 3 nitrogen and oxygen atoms in total. The van der Waals surface area contributed by atoms with E-state index in [0.717, 1.165) is 19.6 Å². The Kier molecular flexibility index (Phi) is 5.44. The second kappa shape index (κ2) is 6.14. The van der Waals surface area contributed by atoms with Gasteiger partial charge in [0.15, 0.2) is 8.32 Å². The first-order valence-corrected chi connectivity index (χ1v) is 9.70. The summed E-state index contributed by atoms with van der Waals surface area (Å²) in [5.41, 5.74) is 5.58. The van der Waals surface area contributed by atoms with E-state index in [1.807, 2.05) is 0 Å². The van der Waals surface area contributed by atoms with Crippen molar-refractivity contribution in [1.82, 2.24) is 5.32 Å². The predicted octanol–water partition coefficient (Wildman–Crippen LogP) is 2.09. The Morgan fingerprint density at radius 1 is 1.38 bits per heavy atom. The van der Waals surface area contributed by atoms with Gasteiger partial charge in [-0.1, -0.05) is 6.42 Å². The fourth-order valence-corrected chi connectivity index (χ4v) is 5.32. The van der Waals surface area contributed by atoms with Gasteiger partial charge in [-0.15, -0.1) is 0 Å². The van der Waals surface area contributed by atoms with E-state index in [4.69, 9.17) is 10.2 Å². The van der Waals surface area contributed by atoms with Crippen molar-refractivity contribution in [2.45, 2.75) is 57.3 Å². The van der Waals surface area contributed by atoms with Gasteiger partial charge in [0, 0.05) is 13.1 Å². The predicted molar refractivity (Wildman–Crippen MR) is 72.2 cm³/mol. The molecule has 4 heteroatoms. The Balaban J connectivity index is 2.23. The van der Waals surface area contributed by atoms with Crippen LogP contribution in [0.3, 0.4) is 0 Å². The highest BCUT2D eigenvalue weighted by atomic mass is 28.4. The van der Waals surface area contributed by atoms with Crippen LogP contribution in [0.25, 0.3) is 0 Å². The lowest BCUT2D eigenvalue weighted by molar-refractivity contribution is 0.0426. The highest BCUT2D eigenvalue weighted by Crippen LogP contribution is 2.36. The van der Waals surface area contributed by atoms with Gasteiger partial charge in [0.1, 0.15) is 0 Å². The smallest absolute Gasteiger partial charge is 0.187 e. The van der Waals surface area contributed by atoms with E-state index in [0.29, 0.717) is 0 Å². The first-order chi connectivity index (χ1) is 7.47. The third-order valence-corrected chi connectivity index (χ3v) is 5.99. The topological polar surface area (TPSA) is 47.3 Å². The Bertz CT molecular complexity index is 211. The molecular formula is C12H28N2OSi. The summed E-state index contributed by atoms with van der Waals surface area (Å²) in [6.07, 6.45) is 4.97. The maximum Gasteiger partial charge on any atom is 0.187 e. The molecule has 1 unspecified atom stereocenters. The molecule has 1 heterocycles. The first kappa shape index (κ1) is 14.2. The van der Waals surface area contributed by atoms with E-state index < -0.39 is 8.32 Å². The molecule has 0 saturated carbocycles. The Morgan fingerprint density at radius 3 is 2.75 bits per heavy atom. The molecule has 0 spiro atoms. The molecule has 96 valence electrons. The van der Waals surface area contributed by atoms with E-state index in [1.165, 1.54) is 31.7 Å². The van der Waals surface area contributed by atoms with E-state index >= 15 is 0 Å². The maximum absolute atomic E-state index is 6.35. The molecule has 0 bridgehead atoms. The number of nitrogens with one attached hydrogen (secondary N) is 1. The number of hydrogen-bond acceptors (Lipinski definition) is 3. The van der Waals surface area contributed by atoms with E-state index in [2.05, 4.69) is 25.3 Å². The zero-order chi connectivity index (χ0) is 12.1. The van der Waals surface area contributed by atoms with Crippen LogP contribution >= 0.6 is 0 Å². The van der Waals surface area contributed by atoms with Crippen LogP contribution in [-0.2, 0) is 4.43 Å². The van der Waals surface area contributed by atoms with Crippen LogP contribution in [0.15, 0.2) is 0 Å². The van der Waals surface area contributed by atoms with Gasteiger partial charge in [-0.3, -0.25) is 0 Å². The van der Waals surface area contributed by atoms with Crippen molar-refractivity contribution in [3.63, 3.8) is 0 Å². The molecule has 1 aliphatic rings. The lowest BCUT2D eigenvalue weighted by atomic mass is 9.94. The van der Waals surface area contributed by atoms with Crippen LogP contribution in [0.2, 0.25) is 19.1 Å². The Hall–Kier alpha value is 0.0969. The van der Waals surface area contributed by atoms with Gasteiger partial charge in [0.25, 0.3) is 0 Å². The Labute approximate surface area is 101 Å². The van der Waals surface area contributed by atoms with Crippen molar-refractivity contribution in [3.05, 3.63) is 0 Å². The minimum absolute atomic E-state index is 0.151. The zero-order valence-corrected chi connectivity index (χ0v) is 12.1. The first-order valence-electron chi connectivity index (χ1n) is 6.58. The molecule has 3 N–H and O–H groups in total. The average molecular weight is 244 g/mol. The van der Waals surface area contributed by atoms with Crippen molar-refractivity contribution in [2.75, 3.05) is 19.6 Å². The monoisotopic (exact) mass is 244 g/mol. The van der Waals surface area contributed by atoms with Crippen LogP contribution in [0.1, 0.15) is 32.6 Å². The summed E-state index contributed by atoms with van der Waals surface area (Å²) in [6.45, 7) is 9.71. The van der Waals surface area contributed by atoms with Gasteiger partial charge in [-0.2, -0.15) is 0 Å². The average Bonchev–Trinajstić information content (AvgIpc) is 2.15. The summed E-state index contributed by atoms with van der Waals surface area (Å²) in [6, 6.07) is 1.33. The van der Waals surface area contributed by atoms with Crippen LogP contribution in [0.4, 0.5) is 0 Å². The third-order valence-electron chi connectivity index (χ3n) is 3.39. The molecule has 1 fully saturated rings. The molecule has 0 aromatic rings. The fourth-order valence-electron chi connectivity index (χ4n) is 2.65. The number of nitrogens with two attached hydrogens (primary N) is 1. The third kappa shape index (κ3) is 4.95. The molecule has 1 aliphatic heterocycles. The van der Waals surface area contributed by atoms with Crippen molar-refractivity contribution in [1.29, 1.82) is 0 Å². The van der Waals surface area contributed by atoms with E-state index in [-0.39, 0.29) is 5.60 Å². The molecule has 0 radical (unpaired) electrons. The molecule has 1 rings (SSSR count). The standard InChI is InChI=1S/C12H28N2OSi/c1-12(6-4-9-14-10-8-13)7-5-11-16(2,3)15-12/h14H,4-11,13H2,1-3H3. The highest BCUT2D eigenvalue weighted by molar-refractivity contribution is 6.71. The summed E-state index contributed by atoms with van der Waals surface area (Å²) in [5, 5.41) is 3.34. The van der Waals surface area contributed by atoms with Gasteiger partial charge >= 0.3 is 0 Å². The van der Waals surface area contributed by atoms with Gasteiger partial charge < -0.3 is 15.5 Å². The molecule has 0 amide bonds. The molecule has 1 atom stereocenters. The summed E-state index contributed by atoms with van der Waals surface area (Å²) >= 11 is 0. The quantitative estimate of drug-likeness (QED) is 0.555. The summed E-state index contributed by atoms with van der Waals surface area (Å²) in [5.74, 6) is 0. The maximum atomic E-state index is 6.35. The fraction of sp³-hybridized carbons (Fsp3) is 1.00. The summed E-state index contributed by atoms with van der Waals surface area (Å²) in [7, 11) is -1.34. The highest BCUT2D eigenvalue weighted by Gasteiger charge is 2.37. The minimum atomic E-state index is -1.34. The second-order valence-corrected chi connectivity index (χ2v) is 10.0. The molecule has 0 aromatic carbocycles. The van der Waals surface area contributed by atoms with Gasteiger partial charge in [-0.25, -0.2) is 0 Å². The van der Waals surface area contributed by atoms with Gasteiger partial charge in [0.2, 0.25) is 0 Å². The number of hydrogen-bond donors (Lipinski definition) is 2. The van der Waals surface area contributed by atoms with Crippen LogP contribution in [0, 0.1) is 0 Å². The van der Waals surface area contributed by atoms with Crippen molar-refractivity contribution < 1.29 is 4.43 Å². The summed E-state index contributed by atoms with van der Waals surface area (Å²) in [4.78, 5) is 0. The largest absolute Gasteiger partial charge is 0.412 e. The van der Waals surface area contributed by atoms with Crippen molar-refractivity contribution in [3.8, 4) is 0 Å². The van der Waals surface area contributed by atoms with E-state index in [1.54, 1.807) is 0 Å². The van der Waals surface area contributed by atoms with Crippen LogP contribution in [-0.4, -0.2) is 33.6 Å². The molecule has 1 saturated heterocycles. The van der Waals surface area contributed by atoms with Gasteiger partial charge in [-0.05, 0) is 51.9 Å². The zero-order valence-electron chi connectivity index (χ0n) is 11.1. The van der Waals surface area contributed by atoms with Crippen LogP contribution in [0.5, 0.6) is 0 Å². The Morgan fingerprint density at radius 2 is 2.12 bits per heavy atom. The molecule has 16 heavy (non-hydrogen) atoms. The minimum Gasteiger partial charge on any atom is -0.412 e. The molecular weight excluding hydrogens is 216 g/mol. The van der Waals surface area contributed by atoms with Gasteiger partial charge in [0.05, 0.1) is 5.60 Å². The lowest BCUT2D eigenvalue weighted by Crippen LogP contribution is -2.46. The molecule has 0 aromatic heterocycles. The number of rotatable bonds is 6. The second-order valence-electron chi connectivity index (χ2n) is 5.81. The lowest BCUT2D eigenvalue weighted by Gasteiger charge is -2.42. The van der Waals surface area contributed by atoms with Crippen molar-refractivity contribution >= 4 is 8.32 Å². The molecule has 0 aliphatic carbocycles. The van der Waals surface area contributed by atoms with Crippen molar-refractivity contribution in [2.24, 2.45) is 5.73 Å². The van der Waals surface area contributed by atoms with E-state index in [9.17, 15) is 0 Å².